The van der Waals surface area contributed by atoms with Crippen molar-refractivity contribution in [3.8, 4) is 89.9 Å². The highest BCUT2D eigenvalue weighted by molar-refractivity contribution is 6.15. The van der Waals surface area contributed by atoms with Crippen molar-refractivity contribution in [3.05, 3.63) is 219 Å². The van der Waals surface area contributed by atoms with Gasteiger partial charge >= 0.3 is 0 Å². The van der Waals surface area contributed by atoms with Crippen molar-refractivity contribution in [1.29, 1.82) is 0 Å². The Morgan fingerprint density at radius 3 is 1.43 bits per heavy atom. The summed E-state index contributed by atoms with van der Waals surface area (Å²) in [7, 11) is 0. The first-order chi connectivity index (χ1) is 30.2. The molecule has 3 aromatic heterocycles. The highest BCUT2D eigenvalue weighted by atomic mass is 16.3. The molecular weight excluding hydrogens is 745 g/mol. The Morgan fingerprint density at radius 2 is 0.787 bits per heavy atom. The number of fused-ring (bicyclic) bond motifs is 3. The third-order valence-electron chi connectivity index (χ3n) is 11.2. The van der Waals surface area contributed by atoms with Gasteiger partial charge in [-0.2, -0.15) is 0 Å². The fourth-order valence-electron chi connectivity index (χ4n) is 8.13. The minimum Gasteiger partial charge on any atom is -0.455 e. The van der Waals surface area contributed by atoms with Gasteiger partial charge in [0.25, 0.3) is 0 Å². The molecule has 286 valence electrons. The molecule has 11 aromatic rings. The Morgan fingerprint density at radius 1 is 0.311 bits per heavy atom. The maximum atomic E-state index is 6.72. The van der Waals surface area contributed by atoms with Gasteiger partial charge in [-0.15, -0.1) is 0 Å². The molecule has 0 aliphatic rings. The van der Waals surface area contributed by atoms with Crippen LogP contribution in [0.25, 0.3) is 112 Å². The largest absolute Gasteiger partial charge is 0.455 e. The molecule has 5 heteroatoms. The second-order valence-corrected chi connectivity index (χ2v) is 15.0. The van der Waals surface area contributed by atoms with E-state index >= 15 is 0 Å². The van der Waals surface area contributed by atoms with E-state index in [1.165, 1.54) is 22.3 Å². The Kier molecular flexibility index (Phi) is 9.10. The first-order valence-corrected chi connectivity index (χ1v) is 20.4. The molecular formula is C56H36N4O. The number of benzene rings is 8. The molecule has 61 heavy (non-hydrogen) atoms. The van der Waals surface area contributed by atoms with E-state index in [2.05, 4.69) is 164 Å². The summed E-state index contributed by atoms with van der Waals surface area (Å²) in [6.45, 7) is 0. The molecule has 0 saturated heterocycles. The van der Waals surface area contributed by atoms with Crippen LogP contribution in [0.4, 0.5) is 0 Å². The summed E-state index contributed by atoms with van der Waals surface area (Å²) in [6.07, 6.45) is 1.88. The van der Waals surface area contributed by atoms with E-state index in [4.69, 9.17) is 24.4 Å². The van der Waals surface area contributed by atoms with Crippen molar-refractivity contribution in [1.82, 2.24) is 19.9 Å². The molecule has 3 heterocycles. The minimum atomic E-state index is 0.487. The first-order valence-electron chi connectivity index (χ1n) is 20.4. The molecule has 0 amide bonds. The predicted octanol–water partition coefficient (Wildman–Crippen LogP) is 14.5. The van der Waals surface area contributed by atoms with Crippen molar-refractivity contribution in [3.63, 3.8) is 0 Å². The SMILES string of the molecule is c1ccc(-c2ccc(-c3cccc(-c4nc(-c5ccc(-c6ccccc6)cn5)nc(-c5cccc6oc7c(-c8ccc(-c9ccccc9)cc8)cccc7c56)n4)c3)cc2)cc1. The summed E-state index contributed by atoms with van der Waals surface area (Å²) in [5.74, 6) is 1.58. The van der Waals surface area contributed by atoms with Crippen LogP contribution in [0.3, 0.4) is 0 Å². The van der Waals surface area contributed by atoms with Crippen LogP contribution in [-0.4, -0.2) is 19.9 Å². The fourth-order valence-corrected chi connectivity index (χ4v) is 8.13. The normalized spacial score (nSPS) is 11.3. The second-order valence-electron chi connectivity index (χ2n) is 15.0. The van der Waals surface area contributed by atoms with E-state index in [-0.39, 0.29) is 0 Å². The van der Waals surface area contributed by atoms with Gasteiger partial charge in [-0.1, -0.05) is 194 Å². The van der Waals surface area contributed by atoms with E-state index in [9.17, 15) is 0 Å². The second kappa shape index (κ2) is 15.5. The third kappa shape index (κ3) is 6.94. The minimum absolute atomic E-state index is 0.487. The Hall–Kier alpha value is -8.28. The average molecular weight is 781 g/mol. The third-order valence-corrected chi connectivity index (χ3v) is 11.2. The fraction of sp³-hybridized carbons (Fsp3) is 0. The summed E-state index contributed by atoms with van der Waals surface area (Å²) in [4.78, 5) is 20.4. The van der Waals surface area contributed by atoms with Crippen LogP contribution in [0.1, 0.15) is 0 Å². The molecule has 5 nitrogen and oxygen atoms in total. The number of aromatic nitrogens is 4. The molecule has 0 bridgehead atoms. The lowest BCUT2D eigenvalue weighted by Crippen LogP contribution is -2.01. The quantitative estimate of drug-likeness (QED) is 0.154. The van der Waals surface area contributed by atoms with Crippen molar-refractivity contribution in [2.24, 2.45) is 0 Å². The van der Waals surface area contributed by atoms with E-state index in [1.54, 1.807) is 0 Å². The monoisotopic (exact) mass is 780 g/mol. The molecule has 0 unspecified atom stereocenters. The van der Waals surface area contributed by atoms with Crippen LogP contribution in [0.15, 0.2) is 223 Å². The van der Waals surface area contributed by atoms with Gasteiger partial charge in [-0.3, -0.25) is 4.98 Å². The Balaban J connectivity index is 1.03. The zero-order chi connectivity index (χ0) is 40.5. The zero-order valence-corrected chi connectivity index (χ0v) is 33.0. The number of rotatable bonds is 8. The van der Waals surface area contributed by atoms with Crippen LogP contribution in [-0.2, 0) is 0 Å². The maximum Gasteiger partial charge on any atom is 0.182 e. The predicted molar refractivity (Wildman–Crippen MR) is 248 cm³/mol. The van der Waals surface area contributed by atoms with Crippen LogP contribution >= 0.6 is 0 Å². The van der Waals surface area contributed by atoms with E-state index in [0.29, 0.717) is 23.2 Å². The number of furan rings is 1. The van der Waals surface area contributed by atoms with Crippen LogP contribution < -0.4 is 0 Å². The molecule has 0 aliphatic heterocycles. The number of pyridine rings is 1. The van der Waals surface area contributed by atoms with Gasteiger partial charge in [0.1, 0.15) is 16.9 Å². The van der Waals surface area contributed by atoms with Gasteiger partial charge in [0, 0.05) is 39.2 Å². The number of nitrogens with zero attached hydrogens (tertiary/aromatic N) is 4. The van der Waals surface area contributed by atoms with Crippen LogP contribution in [0, 0.1) is 0 Å². The van der Waals surface area contributed by atoms with Crippen molar-refractivity contribution < 1.29 is 4.42 Å². The van der Waals surface area contributed by atoms with Gasteiger partial charge in [-0.05, 0) is 62.7 Å². The summed E-state index contributed by atoms with van der Waals surface area (Å²) in [5, 5.41) is 1.94. The molecule has 0 atom stereocenters. The first kappa shape index (κ1) is 35.8. The van der Waals surface area contributed by atoms with Gasteiger partial charge in [0.15, 0.2) is 17.5 Å². The zero-order valence-electron chi connectivity index (χ0n) is 33.0. The molecule has 0 N–H and O–H groups in total. The molecule has 0 fully saturated rings. The van der Waals surface area contributed by atoms with E-state index in [0.717, 1.165) is 66.4 Å². The van der Waals surface area contributed by atoms with Gasteiger partial charge < -0.3 is 4.42 Å². The lowest BCUT2D eigenvalue weighted by molar-refractivity contribution is 0.670. The van der Waals surface area contributed by atoms with Crippen molar-refractivity contribution >= 4 is 21.9 Å². The van der Waals surface area contributed by atoms with Crippen LogP contribution in [0.5, 0.6) is 0 Å². The summed E-state index contributed by atoms with van der Waals surface area (Å²) >= 11 is 0. The molecule has 0 radical (unpaired) electrons. The highest BCUT2D eigenvalue weighted by Crippen LogP contribution is 2.41. The maximum absolute atomic E-state index is 6.72. The highest BCUT2D eigenvalue weighted by Gasteiger charge is 2.20. The number of para-hydroxylation sites is 1. The molecule has 0 aliphatic carbocycles. The van der Waals surface area contributed by atoms with Crippen molar-refractivity contribution in [2.45, 2.75) is 0 Å². The van der Waals surface area contributed by atoms with E-state index < -0.39 is 0 Å². The summed E-state index contributed by atoms with van der Waals surface area (Å²) in [6, 6.07) is 73.3. The van der Waals surface area contributed by atoms with Gasteiger partial charge in [0.2, 0.25) is 0 Å². The Labute approximate surface area is 353 Å². The molecule has 0 spiro atoms. The standard InChI is InChI=1S/C56H36N4O/c1-4-13-37(14-5-1)40-25-27-42(28-26-40)44-19-10-20-45(35-44)54-58-55(60-56(59-54)50-34-33-46(36-57-50)39-17-8-3-9-18-39)49-23-12-24-51-52(49)48-22-11-21-47(53(48)61-51)43-31-29-41(30-32-43)38-15-6-2-7-16-38/h1-36H. The van der Waals surface area contributed by atoms with Crippen molar-refractivity contribution in [2.75, 3.05) is 0 Å². The molecule has 8 aromatic carbocycles. The van der Waals surface area contributed by atoms with E-state index in [1.807, 2.05) is 54.7 Å². The summed E-state index contributed by atoms with van der Waals surface area (Å²) < 4.78 is 6.72. The van der Waals surface area contributed by atoms with Crippen LogP contribution in [0.2, 0.25) is 0 Å². The average Bonchev–Trinajstić information content (AvgIpc) is 3.74. The smallest absolute Gasteiger partial charge is 0.182 e. The van der Waals surface area contributed by atoms with Gasteiger partial charge in [0.05, 0.1) is 0 Å². The molecule has 0 saturated carbocycles. The number of hydrogen-bond acceptors (Lipinski definition) is 5. The summed E-state index contributed by atoms with van der Waals surface area (Å²) in [5.41, 5.74) is 15.1. The topological polar surface area (TPSA) is 64.7 Å². The molecule has 11 rings (SSSR count). The lowest BCUT2D eigenvalue weighted by Gasteiger charge is -2.11. The number of hydrogen-bond donors (Lipinski definition) is 0. The lowest BCUT2D eigenvalue weighted by atomic mass is 9.98. The Bertz CT molecular complexity index is 3310. The van der Waals surface area contributed by atoms with Gasteiger partial charge in [-0.25, -0.2) is 15.0 Å².